The monoisotopic (exact) mass is 404 g/mol. The molecule has 0 saturated heterocycles. The highest BCUT2D eigenvalue weighted by atomic mass is 16.4. The normalized spacial score (nSPS) is 12.7. The lowest BCUT2D eigenvalue weighted by molar-refractivity contribution is -0.142. The topological polar surface area (TPSA) is 95.5 Å². The van der Waals surface area contributed by atoms with E-state index in [1.807, 2.05) is 72.8 Å². The van der Waals surface area contributed by atoms with Gasteiger partial charge in [0.1, 0.15) is 12.1 Å². The van der Waals surface area contributed by atoms with Crippen LogP contribution in [0.15, 0.2) is 72.8 Å². The molecule has 3 aromatic rings. The standard InChI is InChI=1S/C24H24N2O4/c1-16(27)25-21(14-17-7-3-2-4-8-17)23(28)26-22(24(29)30)15-18-11-12-19-9-5-6-10-20(19)13-18/h2-13,21-22H,14-15H2,1H3,(H,25,27)(H,26,28)(H,29,30)/t21-,22+/m0/s1. The maximum absolute atomic E-state index is 12.8. The Morgan fingerprint density at radius 1 is 0.767 bits per heavy atom. The molecule has 0 radical (unpaired) electrons. The highest BCUT2D eigenvalue weighted by molar-refractivity contribution is 5.90. The fourth-order valence-corrected chi connectivity index (χ4v) is 3.38. The molecule has 6 nitrogen and oxygen atoms in total. The number of aliphatic carboxylic acids is 1. The van der Waals surface area contributed by atoms with Crippen LogP contribution in [0.3, 0.4) is 0 Å². The number of carboxylic acid groups (broad SMARTS) is 1. The van der Waals surface area contributed by atoms with Crippen molar-refractivity contribution >= 4 is 28.6 Å². The lowest BCUT2D eigenvalue weighted by Crippen LogP contribution is -2.52. The number of fused-ring (bicyclic) bond motifs is 1. The fourth-order valence-electron chi connectivity index (χ4n) is 3.38. The van der Waals surface area contributed by atoms with Crippen molar-refractivity contribution in [2.75, 3.05) is 0 Å². The molecule has 0 heterocycles. The number of hydrogen-bond acceptors (Lipinski definition) is 3. The van der Waals surface area contributed by atoms with E-state index >= 15 is 0 Å². The Labute approximate surface area is 174 Å². The molecule has 0 aliphatic carbocycles. The van der Waals surface area contributed by atoms with Crippen LogP contribution >= 0.6 is 0 Å². The van der Waals surface area contributed by atoms with Crippen molar-refractivity contribution in [2.24, 2.45) is 0 Å². The van der Waals surface area contributed by atoms with Crippen LogP contribution < -0.4 is 10.6 Å². The minimum absolute atomic E-state index is 0.143. The second kappa shape index (κ2) is 9.69. The van der Waals surface area contributed by atoms with E-state index in [4.69, 9.17) is 0 Å². The summed E-state index contributed by atoms with van der Waals surface area (Å²) in [7, 11) is 0. The minimum atomic E-state index is -1.13. The molecule has 3 rings (SSSR count). The number of carboxylic acids is 1. The molecule has 2 atom stereocenters. The van der Waals surface area contributed by atoms with Gasteiger partial charge in [0, 0.05) is 19.8 Å². The van der Waals surface area contributed by atoms with Crippen molar-refractivity contribution in [1.82, 2.24) is 10.6 Å². The maximum Gasteiger partial charge on any atom is 0.326 e. The lowest BCUT2D eigenvalue weighted by Gasteiger charge is -2.21. The van der Waals surface area contributed by atoms with Crippen LogP contribution in [-0.2, 0) is 27.2 Å². The van der Waals surface area contributed by atoms with Crippen LogP contribution in [0.5, 0.6) is 0 Å². The third-order valence-corrected chi connectivity index (χ3v) is 4.84. The van der Waals surface area contributed by atoms with E-state index in [-0.39, 0.29) is 18.7 Å². The summed E-state index contributed by atoms with van der Waals surface area (Å²) < 4.78 is 0. The van der Waals surface area contributed by atoms with Gasteiger partial charge in [0.2, 0.25) is 11.8 Å². The molecule has 0 bridgehead atoms. The molecular weight excluding hydrogens is 380 g/mol. The summed E-state index contributed by atoms with van der Waals surface area (Å²) in [6.07, 6.45) is 0.415. The molecule has 0 aliphatic rings. The SMILES string of the molecule is CC(=O)N[C@@H](Cc1ccccc1)C(=O)N[C@H](Cc1ccc2ccccc2c1)C(=O)O. The number of amides is 2. The molecule has 0 fully saturated rings. The van der Waals surface area contributed by atoms with Crippen molar-refractivity contribution < 1.29 is 19.5 Å². The number of nitrogens with one attached hydrogen (secondary N) is 2. The first-order valence-corrected chi connectivity index (χ1v) is 9.74. The molecule has 0 aromatic heterocycles. The van der Waals surface area contributed by atoms with E-state index in [1.54, 1.807) is 0 Å². The van der Waals surface area contributed by atoms with Gasteiger partial charge in [-0.05, 0) is 21.9 Å². The van der Waals surface area contributed by atoms with Gasteiger partial charge in [-0.2, -0.15) is 0 Å². The van der Waals surface area contributed by atoms with Crippen molar-refractivity contribution in [3.63, 3.8) is 0 Å². The van der Waals surface area contributed by atoms with E-state index in [2.05, 4.69) is 10.6 Å². The van der Waals surface area contributed by atoms with E-state index in [1.165, 1.54) is 6.92 Å². The summed E-state index contributed by atoms with van der Waals surface area (Å²) in [6, 6.07) is 20.8. The van der Waals surface area contributed by atoms with Crippen molar-refractivity contribution in [1.29, 1.82) is 0 Å². The predicted molar refractivity (Wildman–Crippen MR) is 115 cm³/mol. The summed E-state index contributed by atoms with van der Waals surface area (Å²) in [5.74, 6) is -2.01. The van der Waals surface area contributed by atoms with E-state index < -0.39 is 24.0 Å². The molecule has 0 saturated carbocycles. The first kappa shape index (κ1) is 21.0. The van der Waals surface area contributed by atoms with Gasteiger partial charge in [-0.1, -0.05) is 72.8 Å². The molecule has 2 amide bonds. The predicted octanol–water partition coefficient (Wildman–Crippen LogP) is 2.70. The van der Waals surface area contributed by atoms with Gasteiger partial charge in [-0.3, -0.25) is 9.59 Å². The Hall–Kier alpha value is -3.67. The van der Waals surface area contributed by atoms with Crippen molar-refractivity contribution in [3.05, 3.63) is 83.9 Å². The van der Waals surface area contributed by atoms with Gasteiger partial charge in [-0.25, -0.2) is 4.79 Å². The summed E-state index contributed by atoms with van der Waals surface area (Å²) in [5.41, 5.74) is 1.67. The Bertz CT molecular complexity index is 1050. The van der Waals surface area contributed by atoms with Crippen LogP contribution in [0, 0.1) is 0 Å². The Morgan fingerprint density at radius 2 is 1.40 bits per heavy atom. The zero-order valence-electron chi connectivity index (χ0n) is 16.7. The van der Waals surface area contributed by atoms with Crippen LogP contribution in [0.25, 0.3) is 10.8 Å². The van der Waals surface area contributed by atoms with E-state index in [9.17, 15) is 19.5 Å². The second-order valence-corrected chi connectivity index (χ2v) is 7.23. The summed E-state index contributed by atoms with van der Waals surface area (Å²) in [6.45, 7) is 1.33. The van der Waals surface area contributed by atoms with Crippen LogP contribution in [0.1, 0.15) is 18.1 Å². The molecule has 0 aliphatic heterocycles. The van der Waals surface area contributed by atoms with Crippen LogP contribution in [0.2, 0.25) is 0 Å². The van der Waals surface area contributed by atoms with E-state index in [0.29, 0.717) is 0 Å². The number of rotatable bonds is 8. The van der Waals surface area contributed by atoms with Gasteiger partial charge in [0.15, 0.2) is 0 Å². The number of carbonyl (C=O) groups excluding carboxylic acids is 2. The quantitative estimate of drug-likeness (QED) is 0.538. The third-order valence-electron chi connectivity index (χ3n) is 4.84. The van der Waals surface area contributed by atoms with Crippen LogP contribution in [0.4, 0.5) is 0 Å². The van der Waals surface area contributed by atoms with Gasteiger partial charge >= 0.3 is 5.97 Å². The molecule has 0 spiro atoms. The molecule has 30 heavy (non-hydrogen) atoms. The molecule has 6 heteroatoms. The first-order chi connectivity index (χ1) is 14.4. The first-order valence-electron chi connectivity index (χ1n) is 9.74. The Balaban J connectivity index is 1.74. The zero-order valence-corrected chi connectivity index (χ0v) is 16.7. The van der Waals surface area contributed by atoms with Gasteiger partial charge < -0.3 is 15.7 Å². The smallest absolute Gasteiger partial charge is 0.326 e. The van der Waals surface area contributed by atoms with Crippen molar-refractivity contribution in [3.8, 4) is 0 Å². The zero-order chi connectivity index (χ0) is 21.5. The maximum atomic E-state index is 12.8. The molecule has 0 unspecified atom stereocenters. The van der Waals surface area contributed by atoms with Crippen LogP contribution in [-0.4, -0.2) is 35.0 Å². The molecule has 154 valence electrons. The Morgan fingerprint density at radius 3 is 2.07 bits per heavy atom. The number of carbonyl (C=O) groups is 3. The second-order valence-electron chi connectivity index (χ2n) is 7.23. The molecule has 3 aromatic carbocycles. The average Bonchev–Trinajstić information content (AvgIpc) is 2.73. The van der Waals surface area contributed by atoms with Crippen molar-refractivity contribution in [2.45, 2.75) is 31.8 Å². The molecule has 3 N–H and O–H groups in total. The average molecular weight is 404 g/mol. The molecular formula is C24H24N2O4. The highest BCUT2D eigenvalue weighted by Gasteiger charge is 2.26. The summed E-state index contributed by atoms with van der Waals surface area (Å²) >= 11 is 0. The number of benzene rings is 3. The van der Waals surface area contributed by atoms with Gasteiger partial charge in [0.05, 0.1) is 0 Å². The number of hydrogen-bond donors (Lipinski definition) is 3. The highest BCUT2D eigenvalue weighted by Crippen LogP contribution is 2.17. The third kappa shape index (κ3) is 5.67. The largest absolute Gasteiger partial charge is 0.480 e. The Kier molecular flexibility index (Phi) is 6.80. The fraction of sp³-hybridized carbons (Fsp3) is 0.208. The summed E-state index contributed by atoms with van der Waals surface area (Å²) in [5, 5.41) is 16.9. The lowest BCUT2D eigenvalue weighted by atomic mass is 10.0. The van der Waals surface area contributed by atoms with E-state index in [0.717, 1.165) is 21.9 Å². The minimum Gasteiger partial charge on any atom is -0.480 e. The van der Waals surface area contributed by atoms with Gasteiger partial charge in [-0.15, -0.1) is 0 Å². The van der Waals surface area contributed by atoms with Gasteiger partial charge in [0.25, 0.3) is 0 Å². The summed E-state index contributed by atoms with van der Waals surface area (Å²) in [4.78, 5) is 36.2.